The number of nitrogens with zero attached hydrogens (tertiary/aromatic N) is 4. The maximum Gasteiger partial charge on any atom is 0.191 e. The summed E-state index contributed by atoms with van der Waals surface area (Å²) in [5, 5.41) is 7.16. The molecule has 166 valence electrons. The number of hydrogen-bond acceptors (Lipinski definition) is 3. The zero-order valence-corrected chi connectivity index (χ0v) is 20.7. The smallest absolute Gasteiger partial charge is 0.191 e. The number of aryl methyl sites for hydroxylation is 2. The Morgan fingerprint density at radius 2 is 2.00 bits per heavy atom. The van der Waals surface area contributed by atoms with Crippen LogP contribution in [0.4, 0.5) is 0 Å². The summed E-state index contributed by atoms with van der Waals surface area (Å²) in [6.07, 6.45) is 15.8. The van der Waals surface area contributed by atoms with Crippen LogP contribution in [0.25, 0.3) is 0 Å². The van der Waals surface area contributed by atoms with Gasteiger partial charge in [0, 0.05) is 50.7 Å². The molecule has 1 aliphatic heterocycles. The Balaban J connectivity index is 0.00000300. The van der Waals surface area contributed by atoms with Crippen LogP contribution in [0, 0.1) is 6.92 Å². The molecule has 2 heterocycles. The van der Waals surface area contributed by atoms with Gasteiger partial charge in [-0.3, -0.25) is 9.89 Å². The van der Waals surface area contributed by atoms with E-state index in [2.05, 4.69) is 45.1 Å². The average molecular weight is 517 g/mol. The van der Waals surface area contributed by atoms with Gasteiger partial charge in [0.15, 0.2) is 5.96 Å². The summed E-state index contributed by atoms with van der Waals surface area (Å²) >= 11 is 0. The number of imidazole rings is 1. The Bertz CT molecular complexity index is 596. The van der Waals surface area contributed by atoms with Crippen molar-refractivity contribution in [1.82, 2.24) is 25.1 Å². The van der Waals surface area contributed by atoms with E-state index >= 15 is 0 Å². The van der Waals surface area contributed by atoms with Crippen LogP contribution in [-0.2, 0) is 6.54 Å². The molecule has 2 aliphatic rings. The molecular formula is C22H41IN6. The van der Waals surface area contributed by atoms with E-state index in [0.29, 0.717) is 6.04 Å². The molecule has 6 nitrogen and oxygen atoms in total. The van der Waals surface area contributed by atoms with Gasteiger partial charge in [-0.1, -0.05) is 19.3 Å². The first-order chi connectivity index (χ1) is 13.8. The van der Waals surface area contributed by atoms with E-state index in [9.17, 15) is 0 Å². The van der Waals surface area contributed by atoms with Gasteiger partial charge in [-0.2, -0.15) is 0 Å². The number of nitrogens with one attached hydrogen (secondary N) is 2. The fourth-order valence-corrected chi connectivity index (χ4v) is 4.64. The number of unbranched alkanes of at least 4 members (excludes halogenated alkanes) is 1. The first-order valence-corrected chi connectivity index (χ1v) is 11.5. The molecule has 3 rings (SSSR count). The van der Waals surface area contributed by atoms with E-state index < -0.39 is 0 Å². The Labute approximate surface area is 194 Å². The molecule has 1 aliphatic carbocycles. The minimum Gasteiger partial charge on any atom is -0.357 e. The number of aliphatic imine (C=N–C) groups is 1. The maximum absolute atomic E-state index is 4.84. The topological polar surface area (TPSA) is 57.5 Å². The molecule has 0 spiro atoms. The second kappa shape index (κ2) is 13.5. The van der Waals surface area contributed by atoms with E-state index in [4.69, 9.17) is 4.99 Å². The Hall–Kier alpha value is -0.830. The monoisotopic (exact) mass is 516 g/mol. The lowest BCUT2D eigenvalue weighted by molar-refractivity contribution is 0.115. The van der Waals surface area contributed by atoms with Crippen molar-refractivity contribution < 1.29 is 0 Å². The highest BCUT2D eigenvalue weighted by Gasteiger charge is 2.27. The molecule has 0 radical (unpaired) electrons. The number of halogens is 1. The lowest BCUT2D eigenvalue weighted by atomic mass is 9.92. The summed E-state index contributed by atoms with van der Waals surface area (Å²) in [6.45, 7) is 9.49. The molecule has 29 heavy (non-hydrogen) atoms. The minimum absolute atomic E-state index is 0. The fraction of sp³-hybridized carbons (Fsp3) is 0.818. The zero-order chi connectivity index (χ0) is 19.6. The first kappa shape index (κ1) is 24.4. The third-order valence-corrected chi connectivity index (χ3v) is 6.23. The molecule has 7 heteroatoms. The number of piperidine rings is 1. The van der Waals surface area contributed by atoms with Crippen LogP contribution in [0.1, 0.15) is 70.5 Å². The van der Waals surface area contributed by atoms with E-state index in [1.165, 1.54) is 58.0 Å². The van der Waals surface area contributed by atoms with Crippen LogP contribution in [0.3, 0.4) is 0 Å². The van der Waals surface area contributed by atoms with Crippen molar-refractivity contribution in [1.29, 1.82) is 0 Å². The molecule has 2 fully saturated rings. The van der Waals surface area contributed by atoms with Crippen LogP contribution < -0.4 is 10.6 Å². The SMILES string of the molecule is CCNC(=NCCCCn1ccnc1C)NC1CCCN(C2CCCCC2)C1.I. The lowest BCUT2D eigenvalue weighted by Crippen LogP contribution is -2.53. The van der Waals surface area contributed by atoms with Crippen LogP contribution in [0.5, 0.6) is 0 Å². The molecule has 0 bridgehead atoms. The molecular weight excluding hydrogens is 475 g/mol. The van der Waals surface area contributed by atoms with Crippen LogP contribution in [0.15, 0.2) is 17.4 Å². The number of guanidine groups is 1. The van der Waals surface area contributed by atoms with Gasteiger partial charge in [-0.05, 0) is 58.9 Å². The molecule has 1 atom stereocenters. The van der Waals surface area contributed by atoms with Gasteiger partial charge in [0.1, 0.15) is 5.82 Å². The summed E-state index contributed by atoms with van der Waals surface area (Å²) in [4.78, 5) is 11.9. The quantitative estimate of drug-likeness (QED) is 0.238. The third kappa shape index (κ3) is 8.07. The maximum atomic E-state index is 4.84. The number of likely N-dealkylation sites (tertiary alicyclic amines) is 1. The van der Waals surface area contributed by atoms with Crippen LogP contribution in [-0.4, -0.2) is 58.7 Å². The van der Waals surface area contributed by atoms with Crippen molar-refractivity contribution in [3.8, 4) is 0 Å². The van der Waals surface area contributed by atoms with Gasteiger partial charge in [0.2, 0.25) is 0 Å². The van der Waals surface area contributed by atoms with Gasteiger partial charge < -0.3 is 15.2 Å². The normalized spacial score (nSPS) is 21.6. The second-order valence-corrected chi connectivity index (χ2v) is 8.41. The summed E-state index contributed by atoms with van der Waals surface area (Å²) in [5.41, 5.74) is 0. The highest BCUT2D eigenvalue weighted by Crippen LogP contribution is 2.25. The Morgan fingerprint density at radius 3 is 2.72 bits per heavy atom. The fourth-order valence-electron chi connectivity index (χ4n) is 4.64. The summed E-state index contributed by atoms with van der Waals surface area (Å²) in [6, 6.07) is 1.35. The van der Waals surface area contributed by atoms with Gasteiger partial charge in [-0.15, -0.1) is 24.0 Å². The third-order valence-electron chi connectivity index (χ3n) is 6.23. The molecule has 0 amide bonds. The van der Waals surface area contributed by atoms with Crippen molar-refractivity contribution >= 4 is 29.9 Å². The predicted molar refractivity (Wildman–Crippen MR) is 132 cm³/mol. The van der Waals surface area contributed by atoms with Crippen molar-refractivity contribution in [3.05, 3.63) is 18.2 Å². The molecule has 1 aromatic rings. The number of aromatic nitrogens is 2. The second-order valence-electron chi connectivity index (χ2n) is 8.41. The highest BCUT2D eigenvalue weighted by molar-refractivity contribution is 14.0. The van der Waals surface area contributed by atoms with Crippen LogP contribution in [0.2, 0.25) is 0 Å². The predicted octanol–water partition coefficient (Wildman–Crippen LogP) is 3.94. The Kier molecular flexibility index (Phi) is 11.4. The lowest BCUT2D eigenvalue weighted by Gasteiger charge is -2.40. The summed E-state index contributed by atoms with van der Waals surface area (Å²) in [7, 11) is 0. The first-order valence-electron chi connectivity index (χ1n) is 11.5. The largest absolute Gasteiger partial charge is 0.357 e. The standard InChI is InChI=1S/C22H40N6.HI/c1-3-23-22(25-13-7-8-15-27-17-14-24-19(27)2)26-20-10-9-16-28(18-20)21-11-5-4-6-12-21;/h14,17,20-21H,3-13,15-16,18H2,1-2H3,(H2,23,25,26);1H. The zero-order valence-electron chi connectivity index (χ0n) is 18.4. The minimum atomic E-state index is 0. The summed E-state index contributed by atoms with van der Waals surface area (Å²) in [5.74, 6) is 2.09. The van der Waals surface area contributed by atoms with Gasteiger partial charge in [-0.25, -0.2) is 4.98 Å². The van der Waals surface area contributed by atoms with E-state index in [0.717, 1.165) is 50.3 Å². The van der Waals surface area contributed by atoms with Crippen molar-refractivity contribution in [2.24, 2.45) is 4.99 Å². The van der Waals surface area contributed by atoms with Crippen molar-refractivity contribution in [3.63, 3.8) is 0 Å². The highest BCUT2D eigenvalue weighted by atomic mass is 127. The molecule has 1 saturated heterocycles. The molecule has 0 aromatic carbocycles. The summed E-state index contributed by atoms with van der Waals surface area (Å²) < 4.78 is 2.22. The van der Waals surface area contributed by atoms with E-state index in [-0.39, 0.29) is 24.0 Å². The molecule has 2 N–H and O–H groups in total. The Morgan fingerprint density at radius 1 is 1.17 bits per heavy atom. The van der Waals surface area contributed by atoms with E-state index in [1.807, 2.05) is 6.20 Å². The van der Waals surface area contributed by atoms with Crippen molar-refractivity contribution in [2.75, 3.05) is 26.2 Å². The van der Waals surface area contributed by atoms with Gasteiger partial charge in [0.25, 0.3) is 0 Å². The molecule has 1 aromatic heterocycles. The number of hydrogen-bond donors (Lipinski definition) is 2. The van der Waals surface area contributed by atoms with E-state index in [1.54, 1.807) is 0 Å². The van der Waals surface area contributed by atoms with Gasteiger partial charge >= 0.3 is 0 Å². The molecule has 1 unspecified atom stereocenters. The molecule has 1 saturated carbocycles. The average Bonchev–Trinajstić information content (AvgIpc) is 3.13. The van der Waals surface area contributed by atoms with Crippen LogP contribution >= 0.6 is 24.0 Å². The number of rotatable bonds is 8. The van der Waals surface area contributed by atoms with Gasteiger partial charge in [0.05, 0.1) is 0 Å². The van der Waals surface area contributed by atoms with Crippen molar-refractivity contribution in [2.45, 2.75) is 90.3 Å².